The van der Waals surface area contributed by atoms with Gasteiger partial charge < -0.3 is 9.52 Å². The average molecular weight is 370 g/mol. The molecule has 26 heavy (non-hydrogen) atoms. The molecule has 0 spiro atoms. The van der Waals surface area contributed by atoms with Gasteiger partial charge in [0.2, 0.25) is 0 Å². The predicted octanol–water partition coefficient (Wildman–Crippen LogP) is 3.46. The summed E-state index contributed by atoms with van der Waals surface area (Å²) in [7, 11) is 0. The third-order valence-corrected chi connectivity index (χ3v) is 3.74. The minimum Gasteiger partial charge on any atom is -0.478 e. The molecule has 0 aliphatic carbocycles. The van der Waals surface area contributed by atoms with Gasteiger partial charge in [-0.15, -0.1) is 0 Å². The van der Waals surface area contributed by atoms with Crippen LogP contribution in [-0.2, 0) is 0 Å². The molecule has 0 atom stereocenters. The highest BCUT2D eigenvalue weighted by Gasteiger charge is 2.12. The van der Waals surface area contributed by atoms with Crippen molar-refractivity contribution in [3.05, 3.63) is 76.8 Å². The van der Waals surface area contributed by atoms with Crippen molar-refractivity contribution in [2.75, 3.05) is 0 Å². The van der Waals surface area contributed by atoms with Crippen molar-refractivity contribution in [2.45, 2.75) is 0 Å². The van der Waals surface area contributed by atoms with E-state index >= 15 is 0 Å². The predicted molar refractivity (Wildman–Crippen MR) is 95.4 cm³/mol. The minimum atomic E-state index is -1.12. The quantitative estimate of drug-likeness (QED) is 0.529. The van der Waals surface area contributed by atoms with E-state index in [1.54, 1.807) is 30.3 Å². The number of carboxylic acids is 1. The highest BCUT2D eigenvalue weighted by atomic mass is 35.5. The van der Waals surface area contributed by atoms with Crippen LogP contribution >= 0.6 is 11.6 Å². The van der Waals surface area contributed by atoms with Crippen molar-refractivity contribution in [2.24, 2.45) is 5.10 Å². The lowest BCUT2D eigenvalue weighted by atomic mass is 10.1. The maximum absolute atomic E-state index is 11.8. The van der Waals surface area contributed by atoms with Crippen molar-refractivity contribution in [1.29, 1.82) is 0 Å². The van der Waals surface area contributed by atoms with Crippen LogP contribution in [0.1, 0.15) is 26.5 Å². The summed E-state index contributed by atoms with van der Waals surface area (Å²) < 4.78 is 5.59. The zero-order valence-corrected chi connectivity index (χ0v) is 14.0. The molecule has 3 aromatic rings. The zero-order chi connectivity index (χ0) is 18.5. The van der Waals surface area contributed by atoms with E-state index in [1.807, 2.05) is 0 Å². The summed E-state index contributed by atoms with van der Waals surface area (Å²) in [5.41, 5.74) is 3.35. The van der Waals surface area contributed by atoms with E-state index in [2.05, 4.69) is 15.5 Å². The van der Waals surface area contributed by atoms with Crippen molar-refractivity contribution in [3.63, 3.8) is 0 Å². The Kier molecular flexibility index (Phi) is 5.09. The number of amides is 1. The highest BCUT2D eigenvalue weighted by molar-refractivity contribution is 6.33. The van der Waals surface area contributed by atoms with Gasteiger partial charge in [0.05, 0.1) is 16.8 Å². The van der Waals surface area contributed by atoms with Crippen LogP contribution in [0.3, 0.4) is 0 Å². The van der Waals surface area contributed by atoms with E-state index in [4.69, 9.17) is 21.1 Å². The Bertz CT molecular complexity index is 983. The third-order valence-electron chi connectivity index (χ3n) is 3.41. The van der Waals surface area contributed by atoms with Gasteiger partial charge in [-0.1, -0.05) is 11.6 Å². The van der Waals surface area contributed by atoms with Crippen LogP contribution < -0.4 is 5.43 Å². The van der Waals surface area contributed by atoms with Crippen LogP contribution in [0.4, 0.5) is 0 Å². The van der Waals surface area contributed by atoms with Crippen molar-refractivity contribution in [3.8, 4) is 11.3 Å². The van der Waals surface area contributed by atoms with Gasteiger partial charge in [0.1, 0.15) is 11.5 Å². The normalized spacial score (nSPS) is 10.8. The second kappa shape index (κ2) is 7.62. The van der Waals surface area contributed by atoms with Crippen molar-refractivity contribution < 1.29 is 19.1 Å². The van der Waals surface area contributed by atoms with Gasteiger partial charge in [-0.25, -0.2) is 10.2 Å². The molecule has 2 aromatic heterocycles. The van der Waals surface area contributed by atoms with Crippen LogP contribution in [0.15, 0.2) is 64.4 Å². The number of hydrazone groups is 1. The lowest BCUT2D eigenvalue weighted by molar-refractivity contribution is 0.0697. The monoisotopic (exact) mass is 369 g/mol. The molecule has 0 radical (unpaired) electrons. The molecule has 0 aliphatic rings. The standard InChI is InChI=1S/C18H12ClN3O4/c19-15-3-1-12(9-14(15)18(24)25)16-4-2-13(26-16)10-21-22-17(23)11-5-7-20-8-6-11/h1-10H,(H,22,23)(H,24,25). The van der Waals surface area contributed by atoms with Gasteiger partial charge in [0.25, 0.3) is 5.91 Å². The third kappa shape index (κ3) is 3.96. The summed E-state index contributed by atoms with van der Waals surface area (Å²) in [6, 6.07) is 11.0. The van der Waals surface area contributed by atoms with E-state index in [0.29, 0.717) is 22.6 Å². The van der Waals surface area contributed by atoms with E-state index < -0.39 is 5.97 Å². The first-order valence-corrected chi connectivity index (χ1v) is 7.79. The smallest absolute Gasteiger partial charge is 0.337 e. The number of carboxylic acid groups (broad SMARTS) is 1. The molecule has 3 rings (SSSR count). The number of aromatic carboxylic acids is 1. The lowest BCUT2D eigenvalue weighted by Gasteiger charge is -2.02. The van der Waals surface area contributed by atoms with Gasteiger partial charge >= 0.3 is 5.97 Å². The number of rotatable bonds is 5. The first-order chi connectivity index (χ1) is 12.5. The molecule has 0 aliphatic heterocycles. The number of nitrogens with zero attached hydrogens (tertiary/aromatic N) is 2. The van der Waals surface area contributed by atoms with Crippen molar-refractivity contribution >= 4 is 29.7 Å². The van der Waals surface area contributed by atoms with Gasteiger partial charge in [0, 0.05) is 23.5 Å². The molecular weight excluding hydrogens is 358 g/mol. The maximum Gasteiger partial charge on any atom is 0.337 e. The fraction of sp³-hybridized carbons (Fsp3) is 0. The molecular formula is C18H12ClN3O4. The van der Waals surface area contributed by atoms with E-state index in [0.717, 1.165) is 0 Å². The Morgan fingerprint density at radius 1 is 1.15 bits per heavy atom. The van der Waals surface area contributed by atoms with Crippen molar-refractivity contribution in [1.82, 2.24) is 10.4 Å². The zero-order valence-electron chi connectivity index (χ0n) is 13.2. The number of carbonyl (C=O) groups excluding carboxylic acids is 1. The topological polar surface area (TPSA) is 105 Å². The molecule has 0 bridgehead atoms. The molecule has 2 N–H and O–H groups in total. The Morgan fingerprint density at radius 3 is 2.65 bits per heavy atom. The number of benzene rings is 1. The summed E-state index contributed by atoms with van der Waals surface area (Å²) in [4.78, 5) is 26.8. The summed E-state index contributed by atoms with van der Waals surface area (Å²) in [5, 5.41) is 13.1. The number of furan rings is 1. The number of carbonyl (C=O) groups is 2. The number of aromatic nitrogens is 1. The Balaban J connectivity index is 1.71. The number of hydrogen-bond donors (Lipinski definition) is 2. The highest BCUT2D eigenvalue weighted by Crippen LogP contribution is 2.26. The first-order valence-electron chi connectivity index (χ1n) is 7.41. The number of pyridine rings is 1. The maximum atomic E-state index is 11.8. The van der Waals surface area contributed by atoms with Crippen LogP contribution in [0, 0.1) is 0 Å². The van der Waals surface area contributed by atoms with Crippen LogP contribution in [0.25, 0.3) is 11.3 Å². The summed E-state index contributed by atoms with van der Waals surface area (Å²) in [6.07, 6.45) is 4.36. The largest absolute Gasteiger partial charge is 0.478 e. The number of hydrogen-bond acceptors (Lipinski definition) is 5. The molecule has 7 nitrogen and oxygen atoms in total. The van der Waals surface area contributed by atoms with Crippen LogP contribution in [0.2, 0.25) is 5.02 Å². The molecule has 0 unspecified atom stereocenters. The van der Waals surface area contributed by atoms with E-state index in [1.165, 1.54) is 30.7 Å². The molecule has 0 fully saturated rings. The second-order valence-electron chi connectivity index (χ2n) is 5.14. The molecule has 1 amide bonds. The lowest BCUT2D eigenvalue weighted by Crippen LogP contribution is -2.17. The summed E-state index contributed by atoms with van der Waals surface area (Å²) >= 11 is 5.86. The SMILES string of the molecule is O=C(NN=Cc1ccc(-c2ccc(Cl)c(C(=O)O)c2)o1)c1ccncc1. The molecule has 0 saturated heterocycles. The van der Waals surface area contributed by atoms with Crippen LogP contribution in [0.5, 0.6) is 0 Å². The molecule has 1 aromatic carbocycles. The molecule has 2 heterocycles. The molecule has 130 valence electrons. The number of nitrogens with one attached hydrogen (secondary N) is 1. The van der Waals surface area contributed by atoms with Gasteiger partial charge in [0.15, 0.2) is 0 Å². The Morgan fingerprint density at radius 2 is 1.92 bits per heavy atom. The molecule has 0 saturated carbocycles. The second-order valence-corrected chi connectivity index (χ2v) is 5.54. The van der Waals surface area contributed by atoms with Crippen LogP contribution in [-0.4, -0.2) is 28.2 Å². The molecule has 8 heteroatoms. The van der Waals surface area contributed by atoms with E-state index in [-0.39, 0.29) is 16.5 Å². The van der Waals surface area contributed by atoms with Gasteiger partial charge in [-0.3, -0.25) is 9.78 Å². The summed E-state index contributed by atoms with van der Waals surface area (Å²) in [5.74, 6) is -0.656. The fourth-order valence-corrected chi connectivity index (χ4v) is 2.34. The Hall–Kier alpha value is -3.45. The average Bonchev–Trinajstić information content (AvgIpc) is 3.11. The van der Waals surface area contributed by atoms with E-state index in [9.17, 15) is 9.59 Å². The Labute approximate surface area is 152 Å². The van der Waals surface area contributed by atoms with Gasteiger partial charge in [-0.05, 0) is 42.5 Å². The first kappa shape index (κ1) is 17.4. The fourth-order valence-electron chi connectivity index (χ4n) is 2.14. The van der Waals surface area contributed by atoms with Gasteiger partial charge in [-0.2, -0.15) is 5.10 Å². The summed E-state index contributed by atoms with van der Waals surface area (Å²) in [6.45, 7) is 0. The number of halogens is 1. The minimum absolute atomic E-state index is 0.0135.